The van der Waals surface area contributed by atoms with Gasteiger partial charge in [0, 0.05) is 6.54 Å². The molecule has 1 rings (SSSR count). The molecule has 82 valence electrons. The summed E-state index contributed by atoms with van der Waals surface area (Å²) in [5.74, 6) is 0.533. The Balaban J connectivity index is 2.09. The molecule has 1 aliphatic carbocycles. The highest BCUT2D eigenvalue weighted by Gasteiger charge is 2.18. The van der Waals surface area contributed by atoms with Crippen LogP contribution in [0, 0.1) is 5.92 Å². The summed E-state index contributed by atoms with van der Waals surface area (Å²) in [6.07, 6.45) is 5.49. The molecule has 1 atom stereocenters. The van der Waals surface area contributed by atoms with E-state index in [9.17, 15) is 4.79 Å². The highest BCUT2D eigenvalue weighted by Crippen LogP contribution is 2.20. The van der Waals surface area contributed by atoms with E-state index in [1.54, 1.807) is 0 Å². The topological polar surface area (TPSA) is 38.3 Å². The minimum Gasteiger partial charge on any atom is -0.446 e. The van der Waals surface area contributed by atoms with Crippen LogP contribution in [0.5, 0.6) is 0 Å². The van der Waals surface area contributed by atoms with Crippen molar-refractivity contribution in [3.8, 4) is 0 Å². The summed E-state index contributed by atoms with van der Waals surface area (Å²) in [7, 11) is 0. The van der Waals surface area contributed by atoms with Crippen LogP contribution in [-0.2, 0) is 4.74 Å². The van der Waals surface area contributed by atoms with Gasteiger partial charge in [-0.25, -0.2) is 4.79 Å². The average Bonchev–Trinajstić information content (AvgIpc) is 2.66. The summed E-state index contributed by atoms with van der Waals surface area (Å²) in [5.41, 5.74) is 0. The largest absolute Gasteiger partial charge is 0.446 e. The molecule has 1 fully saturated rings. The smallest absolute Gasteiger partial charge is 0.407 e. The molecule has 1 aliphatic rings. The van der Waals surface area contributed by atoms with Crippen LogP contribution in [-0.4, -0.2) is 18.7 Å². The second-order valence-corrected chi connectivity index (χ2v) is 4.21. The Morgan fingerprint density at radius 1 is 1.50 bits per heavy atom. The summed E-state index contributed by atoms with van der Waals surface area (Å²) in [6.45, 7) is 4.96. The van der Waals surface area contributed by atoms with E-state index in [0.29, 0.717) is 5.92 Å². The lowest BCUT2D eigenvalue weighted by atomic mass is 10.1. The van der Waals surface area contributed by atoms with Crippen molar-refractivity contribution in [2.75, 3.05) is 6.54 Å². The standard InChI is InChI=1S/C11H21NO2/c1-3-9(2)8-12-11(13)14-10-6-4-5-7-10/h9-10H,3-8H2,1-2H3,(H,12,13). The monoisotopic (exact) mass is 199 g/mol. The van der Waals surface area contributed by atoms with E-state index in [4.69, 9.17) is 4.74 Å². The van der Waals surface area contributed by atoms with Gasteiger partial charge in [0.2, 0.25) is 0 Å². The van der Waals surface area contributed by atoms with E-state index in [2.05, 4.69) is 19.2 Å². The molecular formula is C11H21NO2. The van der Waals surface area contributed by atoms with E-state index >= 15 is 0 Å². The van der Waals surface area contributed by atoms with Gasteiger partial charge in [0.25, 0.3) is 0 Å². The number of nitrogens with one attached hydrogen (secondary N) is 1. The van der Waals surface area contributed by atoms with Crippen molar-refractivity contribution < 1.29 is 9.53 Å². The molecule has 1 unspecified atom stereocenters. The van der Waals surface area contributed by atoms with E-state index in [-0.39, 0.29) is 12.2 Å². The van der Waals surface area contributed by atoms with Gasteiger partial charge in [-0.3, -0.25) is 0 Å². The SMILES string of the molecule is CCC(C)CNC(=O)OC1CCCC1. The summed E-state index contributed by atoms with van der Waals surface area (Å²) < 4.78 is 5.26. The fraction of sp³-hybridized carbons (Fsp3) is 0.909. The van der Waals surface area contributed by atoms with Crippen LogP contribution in [0.4, 0.5) is 4.79 Å². The number of carbonyl (C=O) groups is 1. The maximum absolute atomic E-state index is 11.3. The van der Waals surface area contributed by atoms with E-state index in [1.807, 2.05) is 0 Å². The normalized spacial score (nSPS) is 19.3. The van der Waals surface area contributed by atoms with E-state index in [0.717, 1.165) is 25.8 Å². The first-order chi connectivity index (χ1) is 6.72. The van der Waals surface area contributed by atoms with E-state index < -0.39 is 0 Å². The zero-order chi connectivity index (χ0) is 10.4. The zero-order valence-electron chi connectivity index (χ0n) is 9.21. The van der Waals surface area contributed by atoms with Crippen LogP contribution in [0.3, 0.4) is 0 Å². The lowest BCUT2D eigenvalue weighted by Crippen LogP contribution is -2.31. The number of amides is 1. The first-order valence-corrected chi connectivity index (χ1v) is 5.66. The van der Waals surface area contributed by atoms with Gasteiger partial charge in [-0.15, -0.1) is 0 Å². The van der Waals surface area contributed by atoms with Crippen LogP contribution < -0.4 is 5.32 Å². The number of ether oxygens (including phenoxy) is 1. The molecule has 0 aromatic rings. The molecule has 0 radical (unpaired) electrons. The Morgan fingerprint density at radius 2 is 2.14 bits per heavy atom. The lowest BCUT2D eigenvalue weighted by molar-refractivity contribution is 0.0999. The highest BCUT2D eigenvalue weighted by molar-refractivity contribution is 5.67. The molecule has 0 saturated heterocycles. The minimum absolute atomic E-state index is 0.173. The zero-order valence-corrected chi connectivity index (χ0v) is 9.21. The molecule has 0 aromatic carbocycles. The predicted molar refractivity (Wildman–Crippen MR) is 56.2 cm³/mol. The Kier molecular flexibility index (Phi) is 4.77. The fourth-order valence-corrected chi connectivity index (χ4v) is 1.60. The van der Waals surface area contributed by atoms with Gasteiger partial charge >= 0.3 is 6.09 Å². The third-order valence-corrected chi connectivity index (χ3v) is 2.87. The number of hydrogen-bond acceptors (Lipinski definition) is 2. The Labute approximate surface area is 86.2 Å². The summed E-state index contributed by atoms with van der Waals surface area (Å²) >= 11 is 0. The molecule has 0 aliphatic heterocycles. The molecule has 3 heteroatoms. The molecule has 1 amide bonds. The van der Waals surface area contributed by atoms with Crippen LogP contribution in [0.25, 0.3) is 0 Å². The number of alkyl carbamates (subject to hydrolysis) is 1. The fourth-order valence-electron chi connectivity index (χ4n) is 1.60. The minimum atomic E-state index is -0.239. The predicted octanol–water partition coefficient (Wildman–Crippen LogP) is 2.70. The number of hydrogen-bond donors (Lipinski definition) is 1. The first-order valence-electron chi connectivity index (χ1n) is 5.66. The van der Waals surface area contributed by atoms with Gasteiger partial charge < -0.3 is 10.1 Å². The number of rotatable bonds is 4. The van der Waals surface area contributed by atoms with Crippen molar-refractivity contribution in [3.63, 3.8) is 0 Å². The van der Waals surface area contributed by atoms with Crippen molar-refractivity contribution in [1.29, 1.82) is 0 Å². The third-order valence-electron chi connectivity index (χ3n) is 2.87. The molecular weight excluding hydrogens is 178 g/mol. The van der Waals surface area contributed by atoms with Crippen molar-refractivity contribution in [2.24, 2.45) is 5.92 Å². The van der Waals surface area contributed by atoms with Crippen molar-refractivity contribution in [3.05, 3.63) is 0 Å². The Morgan fingerprint density at radius 3 is 2.71 bits per heavy atom. The second kappa shape index (κ2) is 5.89. The van der Waals surface area contributed by atoms with Crippen LogP contribution in [0.15, 0.2) is 0 Å². The molecule has 1 saturated carbocycles. The summed E-state index contributed by atoms with van der Waals surface area (Å²) in [5, 5.41) is 2.80. The van der Waals surface area contributed by atoms with Gasteiger partial charge in [-0.2, -0.15) is 0 Å². The van der Waals surface area contributed by atoms with E-state index in [1.165, 1.54) is 12.8 Å². The van der Waals surface area contributed by atoms with Crippen molar-refractivity contribution in [1.82, 2.24) is 5.32 Å². The molecule has 3 nitrogen and oxygen atoms in total. The molecule has 1 N–H and O–H groups in total. The van der Waals surface area contributed by atoms with Crippen molar-refractivity contribution in [2.45, 2.75) is 52.1 Å². The maximum atomic E-state index is 11.3. The molecule has 0 spiro atoms. The second-order valence-electron chi connectivity index (χ2n) is 4.21. The van der Waals surface area contributed by atoms with Gasteiger partial charge in [0.15, 0.2) is 0 Å². The molecule has 14 heavy (non-hydrogen) atoms. The van der Waals surface area contributed by atoms with Gasteiger partial charge in [0.05, 0.1) is 0 Å². The summed E-state index contributed by atoms with van der Waals surface area (Å²) in [6, 6.07) is 0. The lowest BCUT2D eigenvalue weighted by Gasteiger charge is -2.14. The quantitative estimate of drug-likeness (QED) is 0.756. The van der Waals surface area contributed by atoms with Crippen LogP contribution in [0.1, 0.15) is 46.0 Å². The van der Waals surface area contributed by atoms with Gasteiger partial charge in [0.1, 0.15) is 6.10 Å². The first kappa shape index (κ1) is 11.3. The van der Waals surface area contributed by atoms with Crippen LogP contribution in [0.2, 0.25) is 0 Å². The van der Waals surface area contributed by atoms with Gasteiger partial charge in [-0.05, 0) is 31.6 Å². The van der Waals surface area contributed by atoms with Crippen molar-refractivity contribution >= 4 is 6.09 Å². The average molecular weight is 199 g/mol. The Bertz CT molecular complexity index is 176. The summed E-state index contributed by atoms with van der Waals surface area (Å²) in [4.78, 5) is 11.3. The highest BCUT2D eigenvalue weighted by atomic mass is 16.6. The number of carbonyl (C=O) groups excluding carboxylic acids is 1. The van der Waals surface area contributed by atoms with Gasteiger partial charge in [-0.1, -0.05) is 20.3 Å². The molecule has 0 heterocycles. The van der Waals surface area contributed by atoms with Crippen LogP contribution >= 0.6 is 0 Å². The molecule has 0 bridgehead atoms. The molecule has 0 aromatic heterocycles. The third kappa shape index (κ3) is 3.99. The Hall–Kier alpha value is -0.730. The maximum Gasteiger partial charge on any atom is 0.407 e.